The lowest BCUT2D eigenvalue weighted by Crippen LogP contribution is -2.56. The molecular formula is C36H45N5O8S2. The Hall–Kier alpha value is -4.24. The number of rotatable bonds is 11. The number of nitrogens with zero attached hydrogens (tertiary/aromatic N) is 3. The van der Waals surface area contributed by atoms with Gasteiger partial charge >= 0.3 is 6.09 Å². The molecule has 3 heterocycles. The molecule has 3 amide bonds. The lowest BCUT2D eigenvalue weighted by atomic mass is 10.1. The molecule has 274 valence electrons. The maximum Gasteiger partial charge on any atom is 0.411 e. The maximum absolute atomic E-state index is 14.1. The van der Waals surface area contributed by atoms with Crippen LogP contribution < -0.4 is 19.5 Å². The number of carbonyl (C=O) groups is 3. The number of aromatic nitrogens is 2. The van der Waals surface area contributed by atoms with Crippen LogP contribution in [-0.2, 0) is 24.3 Å². The van der Waals surface area contributed by atoms with E-state index in [-0.39, 0.29) is 25.3 Å². The fraction of sp³-hybridized carbons (Fsp3) is 0.528. The van der Waals surface area contributed by atoms with Gasteiger partial charge in [0.25, 0.3) is 5.91 Å². The highest BCUT2D eigenvalue weighted by molar-refractivity contribution is 7.91. The lowest BCUT2D eigenvalue weighted by molar-refractivity contribution is -0.131. The Labute approximate surface area is 302 Å². The summed E-state index contributed by atoms with van der Waals surface area (Å²) in [6.07, 6.45) is 1.35. The van der Waals surface area contributed by atoms with Gasteiger partial charge in [-0.15, -0.1) is 17.9 Å². The van der Waals surface area contributed by atoms with Gasteiger partial charge in [0, 0.05) is 34.7 Å². The van der Waals surface area contributed by atoms with Gasteiger partial charge in [0.05, 0.1) is 30.1 Å². The minimum atomic E-state index is -3.86. The van der Waals surface area contributed by atoms with Crippen molar-refractivity contribution in [1.82, 2.24) is 24.9 Å². The Morgan fingerprint density at radius 1 is 1.16 bits per heavy atom. The SMILES string of the molecule is C=C[C@@H]1C[C@]1(NC(=O)C1CC(Oc2cc(-c3nc(C(C)C)cs3)nc3c(C)c(OC)ccc23)CN1C(=O)OC(C)(C)C)C(=O)NS(=O)(=O)C1CC1. The third-order valence-electron chi connectivity index (χ3n) is 9.44. The summed E-state index contributed by atoms with van der Waals surface area (Å²) in [5.41, 5.74) is 0.683. The number of hydrogen-bond acceptors (Lipinski definition) is 11. The summed E-state index contributed by atoms with van der Waals surface area (Å²) in [5.74, 6) is -0.532. The van der Waals surface area contributed by atoms with E-state index >= 15 is 0 Å². The molecule has 4 atom stereocenters. The van der Waals surface area contributed by atoms with Crippen LogP contribution in [0.5, 0.6) is 11.5 Å². The number of ether oxygens (including phenoxy) is 3. The number of likely N-dealkylation sites (tertiary alicyclic amines) is 1. The van der Waals surface area contributed by atoms with E-state index in [4.69, 9.17) is 24.2 Å². The Morgan fingerprint density at radius 2 is 1.88 bits per heavy atom. The smallest absolute Gasteiger partial charge is 0.411 e. The molecule has 51 heavy (non-hydrogen) atoms. The van der Waals surface area contributed by atoms with Crippen molar-refractivity contribution in [3.8, 4) is 22.2 Å². The number of carbonyl (C=O) groups excluding carboxylic acids is 3. The molecule has 1 aliphatic heterocycles. The first-order valence-electron chi connectivity index (χ1n) is 17.1. The van der Waals surface area contributed by atoms with Crippen LogP contribution >= 0.6 is 11.3 Å². The minimum absolute atomic E-state index is 0.0101. The molecule has 6 rings (SSSR count). The number of fused-ring (bicyclic) bond motifs is 1. The molecule has 2 aromatic heterocycles. The fourth-order valence-electron chi connectivity index (χ4n) is 6.33. The van der Waals surface area contributed by atoms with Gasteiger partial charge in [0.1, 0.15) is 45.5 Å². The van der Waals surface area contributed by atoms with Crippen molar-refractivity contribution in [2.45, 2.75) is 102 Å². The number of pyridine rings is 1. The zero-order chi connectivity index (χ0) is 37.0. The highest BCUT2D eigenvalue weighted by Gasteiger charge is 2.62. The Bertz CT molecular complexity index is 2000. The topological polar surface area (TPSA) is 166 Å². The molecule has 3 fully saturated rings. The zero-order valence-electron chi connectivity index (χ0n) is 29.9. The van der Waals surface area contributed by atoms with E-state index in [9.17, 15) is 22.8 Å². The van der Waals surface area contributed by atoms with Crippen molar-refractivity contribution >= 4 is 50.2 Å². The highest BCUT2D eigenvalue weighted by Crippen LogP contribution is 2.46. The second-order valence-corrected chi connectivity index (χ2v) is 17.7. The predicted molar refractivity (Wildman–Crippen MR) is 193 cm³/mol. The summed E-state index contributed by atoms with van der Waals surface area (Å²) >= 11 is 1.48. The van der Waals surface area contributed by atoms with Crippen molar-refractivity contribution in [2.75, 3.05) is 13.7 Å². The summed E-state index contributed by atoms with van der Waals surface area (Å²) in [4.78, 5) is 52.1. The predicted octanol–water partition coefficient (Wildman–Crippen LogP) is 5.22. The molecule has 0 radical (unpaired) electrons. The average molecular weight is 740 g/mol. The van der Waals surface area contributed by atoms with Crippen molar-refractivity contribution in [3.05, 3.63) is 47.5 Å². The molecule has 1 aromatic carbocycles. The Balaban J connectivity index is 1.31. The van der Waals surface area contributed by atoms with Gasteiger partial charge in [-0.3, -0.25) is 19.2 Å². The monoisotopic (exact) mass is 739 g/mol. The van der Waals surface area contributed by atoms with Gasteiger partial charge in [-0.2, -0.15) is 0 Å². The molecule has 2 unspecified atom stereocenters. The normalized spacial score (nSPS) is 23.2. The molecule has 15 heteroatoms. The number of hydrogen-bond donors (Lipinski definition) is 2. The van der Waals surface area contributed by atoms with Crippen LogP contribution in [0.3, 0.4) is 0 Å². The summed E-state index contributed by atoms with van der Waals surface area (Å²) in [5, 5.41) is 5.62. The lowest BCUT2D eigenvalue weighted by Gasteiger charge is -2.29. The minimum Gasteiger partial charge on any atom is -0.496 e. The summed E-state index contributed by atoms with van der Waals surface area (Å²) < 4.78 is 45.3. The van der Waals surface area contributed by atoms with E-state index in [1.54, 1.807) is 27.9 Å². The number of sulfonamides is 1. The second-order valence-electron chi connectivity index (χ2n) is 14.8. The summed E-state index contributed by atoms with van der Waals surface area (Å²) in [6.45, 7) is 15.0. The Morgan fingerprint density at radius 3 is 2.47 bits per heavy atom. The van der Waals surface area contributed by atoms with E-state index < -0.39 is 62.4 Å². The van der Waals surface area contributed by atoms with Crippen LogP contribution in [0.1, 0.15) is 77.5 Å². The molecule has 3 aliphatic rings. The van der Waals surface area contributed by atoms with Gasteiger partial charge in [-0.1, -0.05) is 19.9 Å². The molecule has 1 saturated heterocycles. The third kappa shape index (κ3) is 7.41. The molecule has 2 N–H and O–H groups in total. The zero-order valence-corrected chi connectivity index (χ0v) is 31.6. The van der Waals surface area contributed by atoms with Crippen LogP contribution in [0, 0.1) is 12.8 Å². The highest BCUT2D eigenvalue weighted by atomic mass is 32.2. The van der Waals surface area contributed by atoms with Crippen molar-refractivity contribution in [3.63, 3.8) is 0 Å². The number of nitrogens with one attached hydrogen (secondary N) is 2. The van der Waals surface area contributed by atoms with Crippen molar-refractivity contribution < 1.29 is 37.0 Å². The number of aryl methyl sites for hydroxylation is 1. The Kier molecular flexibility index (Phi) is 9.59. The van der Waals surface area contributed by atoms with E-state index in [0.29, 0.717) is 40.9 Å². The molecule has 0 bridgehead atoms. The largest absolute Gasteiger partial charge is 0.496 e. The fourth-order valence-corrected chi connectivity index (χ4v) is 8.63. The number of thiazole rings is 1. The van der Waals surface area contributed by atoms with Gasteiger partial charge in [-0.25, -0.2) is 23.2 Å². The van der Waals surface area contributed by atoms with Gasteiger partial charge in [0.2, 0.25) is 15.9 Å². The number of amides is 3. The summed E-state index contributed by atoms with van der Waals surface area (Å²) in [6, 6.07) is 4.44. The first-order chi connectivity index (χ1) is 24.0. The molecule has 2 aliphatic carbocycles. The first kappa shape index (κ1) is 36.5. The summed E-state index contributed by atoms with van der Waals surface area (Å²) in [7, 11) is -2.27. The van der Waals surface area contributed by atoms with Crippen LogP contribution in [0.25, 0.3) is 21.6 Å². The quantitative estimate of drug-likeness (QED) is 0.249. The maximum atomic E-state index is 14.1. The van der Waals surface area contributed by atoms with Crippen LogP contribution in [-0.4, -0.2) is 83.4 Å². The molecule has 3 aromatic rings. The standard InChI is InChI=1S/C36H45N5O8S2/c1-9-21-16-36(21,33(43)40-51(45,46)23-10-11-23)39-31(42)27-14-22(17-41(27)34(44)49-35(5,6)7)48-29-15-25(32-38-26(18-50-32)19(2)3)37-30-20(4)28(47-8)13-12-24(29)30/h9,12-13,15,18-19,21-23,27H,1,10-11,14,16-17H2,2-8H3,(H,39,42)(H,40,43)/t21-,22?,27?,36-/m1/s1. The van der Waals surface area contributed by atoms with Crippen LogP contribution in [0.15, 0.2) is 36.2 Å². The van der Waals surface area contributed by atoms with E-state index in [2.05, 4.69) is 30.5 Å². The third-order valence-corrected chi connectivity index (χ3v) is 12.1. The number of benzene rings is 1. The molecule has 2 saturated carbocycles. The van der Waals surface area contributed by atoms with Gasteiger partial charge in [-0.05, 0) is 65.0 Å². The molecular weight excluding hydrogens is 695 g/mol. The molecule has 0 spiro atoms. The second kappa shape index (κ2) is 13.4. The average Bonchev–Trinajstić information content (AvgIpc) is 3.93. The van der Waals surface area contributed by atoms with Crippen LogP contribution in [0.4, 0.5) is 4.79 Å². The van der Waals surface area contributed by atoms with E-state index in [1.165, 1.54) is 22.3 Å². The van der Waals surface area contributed by atoms with Gasteiger partial charge < -0.3 is 19.5 Å². The van der Waals surface area contributed by atoms with Gasteiger partial charge in [0.15, 0.2) is 0 Å². The van der Waals surface area contributed by atoms with E-state index in [0.717, 1.165) is 16.3 Å². The van der Waals surface area contributed by atoms with Crippen molar-refractivity contribution in [2.24, 2.45) is 5.92 Å². The molecule has 13 nitrogen and oxygen atoms in total. The number of methoxy groups -OCH3 is 1. The first-order valence-corrected chi connectivity index (χ1v) is 19.5. The van der Waals surface area contributed by atoms with E-state index in [1.807, 2.05) is 30.5 Å². The van der Waals surface area contributed by atoms with Crippen molar-refractivity contribution in [1.29, 1.82) is 0 Å². The van der Waals surface area contributed by atoms with Crippen LogP contribution in [0.2, 0.25) is 0 Å².